The first-order chi connectivity index (χ1) is 19.2. The number of nitrogens with one attached hydrogen (secondary N) is 3. The van der Waals surface area contributed by atoms with Gasteiger partial charge in [-0.15, -0.1) is 0 Å². The van der Waals surface area contributed by atoms with E-state index in [0.29, 0.717) is 30.3 Å². The molecule has 1 aromatic heterocycles. The molecule has 212 valence electrons. The van der Waals surface area contributed by atoms with E-state index in [1.54, 1.807) is 13.1 Å². The fourth-order valence-electron chi connectivity index (χ4n) is 3.71. The van der Waals surface area contributed by atoms with Crippen LogP contribution >= 0.6 is 0 Å². The fraction of sp³-hybridized carbons (Fsp3) is 0.321. The van der Waals surface area contributed by atoms with Crippen molar-refractivity contribution in [2.75, 3.05) is 55.1 Å². The monoisotopic (exact) mass is 553 g/mol. The lowest BCUT2D eigenvalue weighted by Crippen LogP contribution is -2.29. The number of rotatable bonds is 14. The molecular formula is C28H33F2N7O3. The van der Waals surface area contributed by atoms with E-state index >= 15 is 0 Å². The number of anilines is 6. The zero-order chi connectivity index (χ0) is 28.6. The van der Waals surface area contributed by atoms with E-state index in [0.717, 1.165) is 30.4 Å². The summed E-state index contributed by atoms with van der Waals surface area (Å²) in [4.78, 5) is 24.7. The van der Waals surface area contributed by atoms with Crippen molar-refractivity contribution in [3.63, 3.8) is 0 Å². The van der Waals surface area contributed by atoms with E-state index in [1.165, 1.54) is 18.3 Å². The van der Waals surface area contributed by atoms with Crippen LogP contribution in [0, 0.1) is 0 Å². The third-order valence-corrected chi connectivity index (χ3v) is 5.89. The van der Waals surface area contributed by atoms with E-state index in [1.807, 2.05) is 48.2 Å². The van der Waals surface area contributed by atoms with Crippen molar-refractivity contribution in [2.45, 2.75) is 25.6 Å². The van der Waals surface area contributed by atoms with Gasteiger partial charge in [0.2, 0.25) is 11.9 Å². The van der Waals surface area contributed by atoms with Crippen molar-refractivity contribution < 1.29 is 23.0 Å². The Morgan fingerprint density at radius 1 is 1.12 bits per heavy atom. The van der Waals surface area contributed by atoms with Crippen LogP contribution < -0.4 is 30.3 Å². The highest BCUT2D eigenvalue weighted by molar-refractivity contribution is 6.02. The number of aromatic nitrogens is 2. The van der Waals surface area contributed by atoms with Crippen LogP contribution in [0.25, 0.3) is 0 Å². The van der Waals surface area contributed by atoms with Crippen LogP contribution in [0.5, 0.6) is 11.5 Å². The third-order valence-electron chi connectivity index (χ3n) is 5.89. The van der Waals surface area contributed by atoms with Crippen LogP contribution in [0.2, 0.25) is 0 Å². The standard InChI is InChI=1S/C28H33F2N7O3/c1-5-26(38)33-21-16-22(24(40-27(29)30)17-23(21)37(4)14-13-36(2)3)34-28-31-12-11-25(35-28)32-18-7-6-8-20(15-18)39-19-9-10-19/h5-8,11-12,15-17,19,27H,1,9-10,13-14H2,2-4H3,(H,33,38)(H2,31,32,34,35). The summed E-state index contributed by atoms with van der Waals surface area (Å²) in [6.07, 6.45) is 5.04. The molecule has 0 radical (unpaired) electrons. The molecule has 1 aliphatic carbocycles. The first-order valence-corrected chi connectivity index (χ1v) is 12.8. The number of alkyl halides is 2. The van der Waals surface area contributed by atoms with Gasteiger partial charge >= 0.3 is 6.61 Å². The molecule has 0 saturated heterocycles. The SMILES string of the molecule is C=CC(=O)Nc1cc(Nc2nccc(Nc3cccc(OC4CC4)c3)n2)c(OC(F)F)cc1N(C)CCN(C)C. The number of likely N-dealkylation sites (N-methyl/N-ethyl adjacent to an activating group) is 2. The average molecular weight is 554 g/mol. The molecule has 0 aliphatic heterocycles. The highest BCUT2D eigenvalue weighted by Gasteiger charge is 2.23. The van der Waals surface area contributed by atoms with Crippen molar-refractivity contribution in [1.82, 2.24) is 14.9 Å². The minimum atomic E-state index is -3.08. The number of amides is 1. The molecule has 3 aromatic rings. The highest BCUT2D eigenvalue weighted by Crippen LogP contribution is 2.39. The summed E-state index contributed by atoms with van der Waals surface area (Å²) in [7, 11) is 5.65. The minimum Gasteiger partial charge on any atom is -0.490 e. The molecule has 10 nitrogen and oxygen atoms in total. The summed E-state index contributed by atoms with van der Waals surface area (Å²) >= 11 is 0. The Morgan fingerprint density at radius 3 is 2.62 bits per heavy atom. The van der Waals surface area contributed by atoms with Crippen LogP contribution in [-0.2, 0) is 4.79 Å². The maximum Gasteiger partial charge on any atom is 0.387 e. The number of ether oxygens (including phenoxy) is 2. The Labute approximate surface area is 232 Å². The van der Waals surface area contributed by atoms with Crippen molar-refractivity contribution in [2.24, 2.45) is 0 Å². The number of nitrogens with zero attached hydrogens (tertiary/aromatic N) is 4. The zero-order valence-corrected chi connectivity index (χ0v) is 22.7. The first kappa shape index (κ1) is 28.6. The summed E-state index contributed by atoms with van der Waals surface area (Å²) in [5.41, 5.74) is 1.77. The van der Waals surface area contributed by atoms with E-state index in [4.69, 9.17) is 9.47 Å². The van der Waals surface area contributed by atoms with Gasteiger partial charge in [-0.05, 0) is 57.3 Å². The molecule has 0 atom stereocenters. The molecule has 1 heterocycles. The van der Waals surface area contributed by atoms with Gasteiger partial charge in [-0.25, -0.2) is 4.98 Å². The molecule has 3 N–H and O–H groups in total. The quantitative estimate of drug-likeness (QED) is 0.232. The van der Waals surface area contributed by atoms with Crippen LogP contribution in [0.3, 0.4) is 0 Å². The number of carbonyl (C=O) groups excluding carboxylic acids is 1. The molecule has 40 heavy (non-hydrogen) atoms. The number of halogens is 2. The second-order valence-electron chi connectivity index (χ2n) is 9.52. The topological polar surface area (TPSA) is 104 Å². The molecule has 0 bridgehead atoms. The lowest BCUT2D eigenvalue weighted by atomic mass is 10.2. The predicted molar refractivity (Wildman–Crippen MR) is 152 cm³/mol. The van der Waals surface area contributed by atoms with E-state index in [-0.39, 0.29) is 23.5 Å². The molecule has 1 aliphatic rings. The Hall–Kier alpha value is -4.45. The van der Waals surface area contributed by atoms with Crippen LogP contribution in [0.1, 0.15) is 12.8 Å². The normalized spacial score (nSPS) is 12.7. The van der Waals surface area contributed by atoms with Gasteiger partial charge in [0.25, 0.3) is 0 Å². The number of hydrogen-bond acceptors (Lipinski definition) is 9. The van der Waals surface area contributed by atoms with Gasteiger partial charge in [-0.1, -0.05) is 12.6 Å². The van der Waals surface area contributed by atoms with Gasteiger partial charge in [-0.3, -0.25) is 4.79 Å². The average Bonchev–Trinajstić information content (AvgIpc) is 3.72. The highest BCUT2D eigenvalue weighted by atomic mass is 19.3. The van der Waals surface area contributed by atoms with E-state index in [9.17, 15) is 13.6 Å². The molecule has 1 fully saturated rings. The molecule has 0 spiro atoms. The lowest BCUT2D eigenvalue weighted by Gasteiger charge is -2.26. The second-order valence-corrected chi connectivity index (χ2v) is 9.52. The van der Waals surface area contributed by atoms with Crippen molar-refractivity contribution in [3.05, 3.63) is 61.3 Å². The van der Waals surface area contributed by atoms with E-state index in [2.05, 4.69) is 32.5 Å². The largest absolute Gasteiger partial charge is 0.490 e. The number of benzene rings is 2. The van der Waals surface area contributed by atoms with Crippen LogP contribution in [0.15, 0.2) is 61.3 Å². The second kappa shape index (κ2) is 13.1. The van der Waals surface area contributed by atoms with Crippen molar-refractivity contribution in [3.8, 4) is 11.5 Å². The lowest BCUT2D eigenvalue weighted by molar-refractivity contribution is -0.111. The van der Waals surface area contributed by atoms with Gasteiger partial charge in [0.15, 0.2) is 5.75 Å². The third kappa shape index (κ3) is 8.27. The minimum absolute atomic E-state index is 0.129. The van der Waals surface area contributed by atoms with Crippen LogP contribution in [0.4, 0.5) is 43.3 Å². The maximum absolute atomic E-state index is 13.4. The summed E-state index contributed by atoms with van der Waals surface area (Å²) in [5, 5.41) is 8.89. The van der Waals surface area contributed by atoms with Gasteiger partial charge in [0, 0.05) is 44.2 Å². The van der Waals surface area contributed by atoms with Gasteiger partial charge in [0.1, 0.15) is 11.6 Å². The summed E-state index contributed by atoms with van der Waals surface area (Å²) in [6.45, 7) is 1.68. The number of carbonyl (C=O) groups is 1. The van der Waals surface area contributed by atoms with E-state index < -0.39 is 12.5 Å². The maximum atomic E-state index is 13.4. The molecule has 12 heteroatoms. The molecule has 0 unspecified atom stereocenters. The Morgan fingerprint density at radius 2 is 1.93 bits per heavy atom. The van der Waals surface area contributed by atoms with Gasteiger partial charge < -0.3 is 35.2 Å². The zero-order valence-electron chi connectivity index (χ0n) is 22.7. The van der Waals surface area contributed by atoms with Crippen molar-refractivity contribution in [1.29, 1.82) is 0 Å². The molecule has 4 rings (SSSR count). The first-order valence-electron chi connectivity index (χ1n) is 12.8. The number of hydrogen-bond donors (Lipinski definition) is 3. The van der Waals surface area contributed by atoms with Crippen molar-refractivity contribution >= 4 is 40.4 Å². The summed E-state index contributed by atoms with van der Waals surface area (Å²) in [5.74, 6) is 0.775. The fourth-order valence-corrected chi connectivity index (χ4v) is 3.71. The molecule has 1 amide bonds. The van der Waals surface area contributed by atoms with Gasteiger partial charge in [0.05, 0.1) is 23.2 Å². The Balaban J connectivity index is 1.61. The summed E-state index contributed by atoms with van der Waals surface area (Å²) < 4.78 is 37.5. The molecule has 1 saturated carbocycles. The van der Waals surface area contributed by atoms with Crippen LogP contribution in [-0.4, -0.2) is 67.7 Å². The van der Waals surface area contributed by atoms with Gasteiger partial charge in [-0.2, -0.15) is 13.8 Å². The smallest absolute Gasteiger partial charge is 0.387 e. The Bertz CT molecular complexity index is 1340. The molecular weight excluding hydrogens is 520 g/mol. The summed E-state index contributed by atoms with van der Waals surface area (Å²) in [6, 6.07) is 12.1. The predicted octanol–water partition coefficient (Wildman–Crippen LogP) is 5.23. The Kier molecular flexibility index (Phi) is 9.33. The molecule has 2 aromatic carbocycles.